The Kier molecular flexibility index (Phi) is 7.47. The molecule has 0 heterocycles. The highest BCUT2D eigenvalue weighted by Gasteiger charge is 2.07. The third kappa shape index (κ3) is 6.30. The highest BCUT2D eigenvalue weighted by Crippen LogP contribution is 2.19. The van der Waals surface area contributed by atoms with Gasteiger partial charge in [-0.3, -0.25) is 0 Å². The lowest BCUT2D eigenvalue weighted by Gasteiger charge is -2.15. The van der Waals surface area contributed by atoms with E-state index in [-0.39, 0.29) is 18.4 Å². The summed E-state index contributed by atoms with van der Waals surface area (Å²) in [4.78, 5) is 0. The van der Waals surface area contributed by atoms with E-state index in [2.05, 4.69) is 10.1 Å². The summed E-state index contributed by atoms with van der Waals surface area (Å²) >= 11 is 0. The maximum atomic E-state index is 12.0. The van der Waals surface area contributed by atoms with E-state index in [4.69, 9.17) is 5.11 Å². The van der Waals surface area contributed by atoms with Crippen molar-refractivity contribution in [3.63, 3.8) is 0 Å². The number of hydrogen-bond donors (Lipinski definition) is 2. The molecule has 0 amide bonds. The summed E-state index contributed by atoms with van der Waals surface area (Å²) in [6.07, 6.45) is 1.98. The zero-order chi connectivity index (χ0) is 15.0. The number of aliphatic hydroxyl groups is 1. The van der Waals surface area contributed by atoms with Crippen LogP contribution < -0.4 is 10.1 Å². The van der Waals surface area contributed by atoms with E-state index in [1.807, 2.05) is 13.8 Å². The molecule has 0 fully saturated rings. The molecule has 1 rings (SSSR count). The molecule has 0 aliphatic carbocycles. The molecule has 0 aliphatic rings. The van der Waals surface area contributed by atoms with Crippen molar-refractivity contribution in [3.05, 3.63) is 29.8 Å². The molecule has 2 unspecified atom stereocenters. The third-order valence-electron chi connectivity index (χ3n) is 3.24. The highest BCUT2D eigenvalue weighted by molar-refractivity contribution is 5.28. The molecule has 5 heteroatoms. The zero-order valence-electron chi connectivity index (χ0n) is 12.0. The fraction of sp³-hybridized carbons (Fsp3) is 0.600. The summed E-state index contributed by atoms with van der Waals surface area (Å²) in [5, 5.41) is 12.3. The average Bonchev–Trinajstić information content (AvgIpc) is 2.43. The number of rotatable bonds is 9. The van der Waals surface area contributed by atoms with Crippen molar-refractivity contribution in [2.24, 2.45) is 5.92 Å². The van der Waals surface area contributed by atoms with Crippen LogP contribution in [0.3, 0.4) is 0 Å². The van der Waals surface area contributed by atoms with Gasteiger partial charge in [-0.1, -0.05) is 19.1 Å². The SMILES string of the molecule is CC(CO)CCCNC(C)c1ccc(OC(F)F)cc1. The monoisotopic (exact) mass is 287 g/mol. The van der Waals surface area contributed by atoms with Crippen LogP contribution >= 0.6 is 0 Å². The smallest absolute Gasteiger partial charge is 0.387 e. The largest absolute Gasteiger partial charge is 0.435 e. The summed E-state index contributed by atoms with van der Waals surface area (Å²) in [7, 11) is 0. The van der Waals surface area contributed by atoms with Gasteiger partial charge in [-0.2, -0.15) is 8.78 Å². The third-order valence-corrected chi connectivity index (χ3v) is 3.24. The normalized spacial score (nSPS) is 14.3. The van der Waals surface area contributed by atoms with Gasteiger partial charge in [-0.05, 0) is 49.9 Å². The summed E-state index contributed by atoms with van der Waals surface area (Å²) in [5.74, 6) is 0.505. The first-order valence-electron chi connectivity index (χ1n) is 6.92. The van der Waals surface area contributed by atoms with Gasteiger partial charge in [0.15, 0.2) is 0 Å². The first-order valence-corrected chi connectivity index (χ1v) is 6.92. The van der Waals surface area contributed by atoms with E-state index in [1.54, 1.807) is 24.3 Å². The molecular formula is C15H23F2NO2. The minimum absolute atomic E-state index is 0.153. The van der Waals surface area contributed by atoms with Crippen LogP contribution in [-0.2, 0) is 0 Å². The van der Waals surface area contributed by atoms with Crippen molar-refractivity contribution in [1.29, 1.82) is 0 Å². The van der Waals surface area contributed by atoms with Crippen LogP contribution in [0.1, 0.15) is 38.3 Å². The average molecular weight is 287 g/mol. The van der Waals surface area contributed by atoms with Gasteiger partial charge in [-0.25, -0.2) is 0 Å². The van der Waals surface area contributed by atoms with Crippen LogP contribution in [0.5, 0.6) is 5.75 Å². The molecule has 0 saturated heterocycles. The molecule has 0 aromatic heterocycles. The van der Waals surface area contributed by atoms with Crippen molar-refractivity contribution >= 4 is 0 Å². The number of nitrogens with one attached hydrogen (secondary N) is 1. The van der Waals surface area contributed by atoms with Crippen molar-refractivity contribution in [2.45, 2.75) is 39.3 Å². The Morgan fingerprint density at radius 2 is 1.85 bits per heavy atom. The van der Waals surface area contributed by atoms with E-state index in [1.165, 1.54) is 0 Å². The maximum absolute atomic E-state index is 12.0. The number of alkyl halides is 2. The van der Waals surface area contributed by atoms with Gasteiger partial charge < -0.3 is 15.2 Å². The molecule has 114 valence electrons. The number of benzene rings is 1. The fourth-order valence-corrected chi connectivity index (χ4v) is 1.92. The molecule has 20 heavy (non-hydrogen) atoms. The van der Waals surface area contributed by atoms with Gasteiger partial charge in [0.2, 0.25) is 0 Å². The standard InChI is InChI=1S/C15H23F2NO2/c1-11(10-19)4-3-9-18-12(2)13-5-7-14(8-6-13)20-15(16)17/h5-8,11-12,15,18-19H,3-4,9-10H2,1-2H3. The second kappa shape index (κ2) is 8.87. The van der Waals surface area contributed by atoms with Crippen molar-refractivity contribution in [2.75, 3.05) is 13.2 Å². The number of hydrogen-bond acceptors (Lipinski definition) is 3. The molecule has 0 saturated carbocycles. The van der Waals surface area contributed by atoms with Crippen LogP contribution in [0.15, 0.2) is 24.3 Å². The van der Waals surface area contributed by atoms with Gasteiger partial charge in [0, 0.05) is 12.6 Å². The second-order valence-corrected chi connectivity index (χ2v) is 5.05. The molecule has 2 N–H and O–H groups in total. The summed E-state index contributed by atoms with van der Waals surface area (Å²) in [6, 6.07) is 6.82. The highest BCUT2D eigenvalue weighted by atomic mass is 19.3. The van der Waals surface area contributed by atoms with E-state index in [9.17, 15) is 8.78 Å². The van der Waals surface area contributed by atoms with Crippen LogP contribution in [-0.4, -0.2) is 24.9 Å². The van der Waals surface area contributed by atoms with E-state index < -0.39 is 6.61 Å². The molecule has 2 atom stereocenters. The topological polar surface area (TPSA) is 41.5 Å². The minimum atomic E-state index is -2.79. The first-order chi connectivity index (χ1) is 9.52. The summed E-state index contributed by atoms with van der Waals surface area (Å²) < 4.78 is 28.4. The first kappa shape index (κ1) is 16.9. The molecule has 0 bridgehead atoms. The van der Waals surface area contributed by atoms with Gasteiger partial charge in [0.05, 0.1) is 0 Å². The number of ether oxygens (including phenoxy) is 1. The van der Waals surface area contributed by atoms with Gasteiger partial charge in [0.25, 0.3) is 0 Å². The molecule has 0 aliphatic heterocycles. The van der Waals surface area contributed by atoms with Gasteiger partial charge in [-0.15, -0.1) is 0 Å². The molecule has 1 aromatic carbocycles. The molecule has 1 aromatic rings. The summed E-state index contributed by atoms with van der Waals surface area (Å²) in [6.45, 7) is 2.34. The fourth-order valence-electron chi connectivity index (χ4n) is 1.92. The lowest BCUT2D eigenvalue weighted by Crippen LogP contribution is -2.20. The quantitative estimate of drug-likeness (QED) is 0.684. The lowest BCUT2D eigenvalue weighted by atomic mass is 10.1. The minimum Gasteiger partial charge on any atom is -0.435 e. The van der Waals surface area contributed by atoms with Crippen molar-refractivity contribution in [3.8, 4) is 5.75 Å². The molecular weight excluding hydrogens is 264 g/mol. The molecule has 0 spiro atoms. The lowest BCUT2D eigenvalue weighted by molar-refractivity contribution is -0.0498. The van der Waals surface area contributed by atoms with E-state index >= 15 is 0 Å². The Morgan fingerprint density at radius 1 is 1.20 bits per heavy atom. The number of halogens is 2. The Bertz CT molecular complexity index is 371. The van der Waals surface area contributed by atoms with Crippen molar-refractivity contribution in [1.82, 2.24) is 5.32 Å². The Labute approximate surface area is 119 Å². The van der Waals surface area contributed by atoms with E-state index in [0.29, 0.717) is 5.92 Å². The second-order valence-electron chi connectivity index (χ2n) is 5.05. The van der Waals surface area contributed by atoms with E-state index in [0.717, 1.165) is 24.9 Å². The Hall–Kier alpha value is -1.20. The Balaban J connectivity index is 2.34. The van der Waals surface area contributed by atoms with Crippen LogP contribution in [0, 0.1) is 5.92 Å². The van der Waals surface area contributed by atoms with Gasteiger partial charge in [0.1, 0.15) is 5.75 Å². The molecule has 0 radical (unpaired) electrons. The van der Waals surface area contributed by atoms with Crippen LogP contribution in [0.25, 0.3) is 0 Å². The number of aliphatic hydroxyl groups excluding tert-OH is 1. The molecule has 3 nitrogen and oxygen atoms in total. The predicted molar refractivity (Wildman–Crippen MR) is 75.0 cm³/mol. The van der Waals surface area contributed by atoms with Crippen LogP contribution in [0.2, 0.25) is 0 Å². The predicted octanol–water partition coefficient (Wildman–Crippen LogP) is 3.35. The van der Waals surface area contributed by atoms with Crippen molar-refractivity contribution < 1.29 is 18.6 Å². The Morgan fingerprint density at radius 3 is 2.40 bits per heavy atom. The zero-order valence-corrected chi connectivity index (χ0v) is 12.0. The maximum Gasteiger partial charge on any atom is 0.387 e. The van der Waals surface area contributed by atoms with Crippen LogP contribution in [0.4, 0.5) is 8.78 Å². The van der Waals surface area contributed by atoms with Gasteiger partial charge >= 0.3 is 6.61 Å². The summed E-state index contributed by atoms with van der Waals surface area (Å²) in [5.41, 5.74) is 1.03.